The van der Waals surface area contributed by atoms with Crippen LogP contribution in [0.5, 0.6) is 5.75 Å². The summed E-state index contributed by atoms with van der Waals surface area (Å²) in [6, 6.07) is 11.0. The molecule has 12 nitrogen and oxygen atoms in total. The number of carbonyl (C=O) groups excluding carboxylic acids is 5. The molecule has 0 saturated carbocycles. The van der Waals surface area contributed by atoms with E-state index in [1.165, 1.54) is 13.8 Å². The van der Waals surface area contributed by atoms with Gasteiger partial charge >= 0.3 is 29.8 Å². The number of fused-ring (bicyclic) bond motifs is 1. The molecule has 5 atom stereocenters. The van der Waals surface area contributed by atoms with Crippen LogP contribution in [0.25, 0.3) is 11.0 Å². The molecule has 12 heteroatoms. The molecule has 1 aliphatic heterocycles. The minimum absolute atomic E-state index is 0.0863. The summed E-state index contributed by atoms with van der Waals surface area (Å²) in [5.41, 5.74) is 3.88. The Hall–Kier alpha value is -4.71. The van der Waals surface area contributed by atoms with E-state index in [1.807, 2.05) is 26.0 Å². The first-order chi connectivity index (χ1) is 21.2. The van der Waals surface area contributed by atoms with E-state index < -0.39 is 67.0 Å². The van der Waals surface area contributed by atoms with Gasteiger partial charge in [0.2, 0.25) is 0 Å². The second-order valence-electron chi connectivity index (χ2n) is 11.0. The largest absolute Gasteiger partial charge is 0.463 e. The third kappa shape index (κ3) is 8.27. The smallest absolute Gasteiger partial charge is 0.308 e. The third-order valence-corrected chi connectivity index (χ3v) is 7.04. The van der Waals surface area contributed by atoms with E-state index in [0.717, 1.165) is 48.4 Å². The molecule has 0 spiro atoms. The Bertz CT molecular complexity index is 1620. The van der Waals surface area contributed by atoms with E-state index in [4.69, 9.17) is 32.8 Å². The summed E-state index contributed by atoms with van der Waals surface area (Å²) in [6.45, 7) is 9.45. The van der Waals surface area contributed by atoms with Crippen LogP contribution in [-0.4, -0.2) is 60.9 Å². The molecule has 1 aromatic heterocycles. The average Bonchev–Trinajstić information content (AvgIpc) is 3.32. The highest BCUT2D eigenvalue weighted by Gasteiger charge is 2.53. The zero-order chi connectivity index (χ0) is 33.0. The first-order valence-electron chi connectivity index (χ1n) is 14.3. The van der Waals surface area contributed by atoms with E-state index in [9.17, 15) is 24.0 Å². The van der Waals surface area contributed by atoms with Gasteiger partial charge in [-0.25, -0.2) is 0 Å². The van der Waals surface area contributed by atoms with Gasteiger partial charge in [0, 0.05) is 52.0 Å². The predicted molar refractivity (Wildman–Crippen MR) is 157 cm³/mol. The van der Waals surface area contributed by atoms with E-state index >= 15 is 0 Å². The van der Waals surface area contributed by atoms with Crippen LogP contribution in [-0.2, 0) is 54.1 Å². The lowest BCUT2D eigenvalue weighted by Crippen LogP contribution is -2.59. The number of hydrogen-bond donors (Lipinski definition) is 0. The molecule has 1 saturated heterocycles. The van der Waals surface area contributed by atoms with Gasteiger partial charge in [-0.15, -0.1) is 0 Å². The molecule has 0 N–H and O–H groups in total. The van der Waals surface area contributed by atoms with E-state index in [2.05, 4.69) is 6.07 Å². The number of rotatable bonds is 9. The normalized spacial score (nSPS) is 21.1. The van der Waals surface area contributed by atoms with Crippen LogP contribution in [0.3, 0.4) is 0 Å². The van der Waals surface area contributed by atoms with Crippen molar-refractivity contribution in [3.05, 3.63) is 64.4 Å². The monoisotopic (exact) mass is 624 g/mol. The molecule has 0 aliphatic carbocycles. The summed E-state index contributed by atoms with van der Waals surface area (Å²) >= 11 is 0. The molecule has 0 radical (unpaired) electrons. The van der Waals surface area contributed by atoms with Gasteiger partial charge in [0.05, 0.1) is 0 Å². The maximum Gasteiger partial charge on any atom is 0.308 e. The Morgan fingerprint density at radius 2 is 1.38 bits per heavy atom. The van der Waals surface area contributed by atoms with Gasteiger partial charge in [-0.2, -0.15) is 0 Å². The number of esters is 5. The third-order valence-electron chi connectivity index (χ3n) is 7.04. The summed E-state index contributed by atoms with van der Waals surface area (Å²) in [7, 11) is 0. The molecule has 45 heavy (non-hydrogen) atoms. The second-order valence-corrected chi connectivity index (χ2v) is 11.0. The van der Waals surface area contributed by atoms with Crippen molar-refractivity contribution in [2.75, 3.05) is 6.61 Å². The zero-order valence-corrected chi connectivity index (χ0v) is 26.2. The molecule has 3 aromatic rings. The average molecular weight is 625 g/mol. The molecule has 0 unspecified atom stereocenters. The fourth-order valence-corrected chi connectivity index (χ4v) is 5.49. The Labute approximate surface area is 259 Å². The molecule has 0 bridgehead atoms. The standard InChI is InChI=1S/C33H36O12/c1-16-10-17(2)25-14-24(44-28(25)11-16)12-23-8-9-27(40-19(4)35)26(13-23)30-32(42-21(6)37)33(43-22(7)38)31(41-20(5)36)29(45-30)15-39-18(3)34/h8-11,13-14,29-33H,12,15H2,1-7H3/t29-,30+,31-,32+,33+/m1/s1. The number of furan rings is 1. The number of hydrogen-bond acceptors (Lipinski definition) is 12. The minimum Gasteiger partial charge on any atom is -0.463 e. The highest BCUT2D eigenvalue weighted by molar-refractivity contribution is 5.82. The molecule has 1 fully saturated rings. The first-order valence-corrected chi connectivity index (χ1v) is 14.3. The molecule has 1 aliphatic rings. The molecule has 240 valence electrons. The Morgan fingerprint density at radius 1 is 0.733 bits per heavy atom. The zero-order valence-electron chi connectivity index (χ0n) is 26.2. The summed E-state index contributed by atoms with van der Waals surface area (Å²) in [5.74, 6) is -2.75. The summed E-state index contributed by atoms with van der Waals surface area (Å²) in [4.78, 5) is 60.6. The second kappa shape index (κ2) is 13.9. The number of carbonyl (C=O) groups is 5. The van der Waals surface area contributed by atoms with Crippen molar-refractivity contribution < 1.29 is 56.8 Å². The van der Waals surface area contributed by atoms with Gasteiger partial charge in [-0.3, -0.25) is 24.0 Å². The van der Waals surface area contributed by atoms with Gasteiger partial charge in [-0.05, 0) is 54.8 Å². The maximum absolute atomic E-state index is 12.4. The van der Waals surface area contributed by atoms with Crippen molar-refractivity contribution in [1.29, 1.82) is 0 Å². The van der Waals surface area contributed by atoms with Crippen LogP contribution in [0.4, 0.5) is 0 Å². The number of aryl methyl sites for hydroxylation is 2. The number of ether oxygens (including phenoxy) is 6. The Balaban J connectivity index is 1.84. The van der Waals surface area contributed by atoms with Crippen LogP contribution in [0.1, 0.15) is 68.7 Å². The maximum atomic E-state index is 12.4. The lowest BCUT2D eigenvalue weighted by Gasteiger charge is -2.44. The molecule has 2 heterocycles. The highest BCUT2D eigenvalue weighted by atomic mass is 16.7. The molecule has 0 amide bonds. The van der Waals surface area contributed by atoms with Crippen LogP contribution >= 0.6 is 0 Å². The van der Waals surface area contributed by atoms with Crippen molar-refractivity contribution >= 4 is 40.8 Å². The molecular weight excluding hydrogens is 588 g/mol. The van der Waals surface area contributed by atoms with E-state index in [0.29, 0.717) is 12.2 Å². The lowest BCUT2D eigenvalue weighted by atomic mass is 9.89. The molecule has 2 aromatic carbocycles. The van der Waals surface area contributed by atoms with Crippen molar-refractivity contribution in [1.82, 2.24) is 0 Å². The minimum atomic E-state index is -1.38. The fourth-order valence-electron chi connectivity index (χ4n) is 5.49. The van der Waals surface area contributed by atoms with Gasteiger partial charge in [0.15, 0.2) is 18.3 Å². The Morgan fingerprint density at radius 3 is 2.00 bits per heavy atom. The highest BCUT2D eigenvalue weighted by Crippen LogP contribution is 2.42. The van der Waals surface area contributed by atoms with Gasteiger partial charge in [0.1, 0.15) is 35.9 Å². The summed E-state index contributed by atoms with van der Waals surface area (Å²) in [6.07, 6.45) is -6.15. The van der Waals surface area contributed by atoms with Crippen molar-refractivity contribution in [2.24, 2.45) is 0 Å². The lowest BCUT2D eigenvalue weighted by molar-refractivity contribution is -0.254. The fraction of sp³-hybridized carbons (Fsp3) is 0.424. The predicted octanol–water partition coefficient (Wildman–Crippen LogP) is 4.36. The SMILES string of the molecule is CC(=O)OC[C@H]1O[C@@H](c2cc(Cc3cc4c(C)cc(C)cc4o3)ccc2OC(C)=O)[C@H](OC(C)=O)[C@@H](OC(C)=O)[C@@H]1OC(C)=O. The summed E-state index contributed by atoms with van der Waals surface area (Å²) in [5, 5.41) is 0.979. The number of benzene rings is 2. The van der Waals surface area contributed by atoms with Gasteiger partial charge in [0.25, 0.3) is 0 Å². The van der Waals surface area contributed by atoms with Crippen molar-refractivity contribution in [2.45, 2.75) is 85.4 Å². The van der Waals surface area contributed by atoms with Crippen LogP contribution < -0.4 is 4.74 Å². The summed E-state index contributed by atoms with van der Waals surface area (Å²) < 4.78 is 39.8. The topological polar surface area (TPSA) is 154 Å². The van der Waals surface area contributed by atoms with E-state index in [1.54, 1.807) is 18.2 Å². The van der Waals surface area contributed by atoms with Crippen molar-refractivity contribution in [3.63, 3.8) is 0 Å². The van der Waals surface area contributed by atoms with Crippen LogP contribution in [0.15, 0.2) is 40.8 Å². The Kier molecular flexibility index (Phi) is 10.3. The van der Waals surface area contributed by atoms with Crippen LogP contribution in [0, 0.1) is 13.8 Å². The van der Waals surface area contributed by atoms with Gasteiger partial charge < -0.3 is 32.8 Å². The quantitative estimate of drug-likeness (QED) is 0.189. The van der Waals surface area contributed by atoms with Gasteiger partial charge in [-0.1, -0.05) is 12.1 Å². The molecular formula is C33H36O12. The molecule has 4 rings (SSSR count). The van der Waals surface area contributed by atoms with Crippen LogP contribution in [0.2, 0.25) is 0 Å². The van der Waals surface area contributed by atoms with Crippen molar-refractivity contribution in [3.8, 4) is 5.75 Å². The first kappa shape index (κ1) is 33.2. The van der Waals surface area contributed by atoms with E-state index in [-0.39, 0.29) is 11.3 Å².